The molecule has 10 rings (SSSR count). The van der Waals surface area contributed by atoms with E-state index in [1.54, 1.807) is 47.6 Å². The van der Waals surface area contributed by atoms with Crippen LogP contribution in [-0.2, 0) is 48.6 Å². The van der Waals surface area contributed by atoms with Gasteiger partial charge in [-0.3, -0.25) is 50.6 Å². The molecule has 0 radical (unpaired) electrons. The lowest BCUT2D eigenvalue weighted by molar-refractivity contribution is -0.385. The Morgan fingerprint density at radius 3 is 1.00 bits per heavy atom. The Balaban J connectivity index is 0.000000229. The van der Waals surface area contributed by atoms with Crippen LogP contribution in [0.2, 0.25) is 35.2 Å². The van der Waals surface area contributed by atoms with Gasteiger partial charge in [-0.25, -0.2) is 43.3 Å². The van der Waals surface area contributed by atoms with Crippen molar-refractivity contribution in [3.63, 3.8) is 0 Å². The third kappa shape index (κ3) is 26.0. The van der Waals surface area contributed by atoms with Crippen LogP contribution in [0.1, 0.15) is 41.5 Å². The van der Waals surface area contributed by atoms with E-state index in [-0.39, 0.29) is 147 Å². The lowest BCUT2D eigenvalue weighted by Gasteiger charge is -2.35. The first kappa shape index (κ1) is 92.3. The van der Waals surface area contributed by atoms with Gasteiger partial charge in [0.05, 0.1) is 55.4 Å². The molecule has 2 amide bonds. The van der Waals surface area contributed by atoms with Gasteiger partial charge in [-0.1, -0.05) is 81.2 Å². The number of halogens is 8. The summed E-state index contributed by atoms with van der Waals surface area (Å²) in [4.78, 5) is 76.2. The van der Waals surface area contributed by atoms with Gasteiger partial charge < -0.3 is 39.8 Å². The molecule has 3 fully saturated rings. The number of amides is 2. The van der Waals surface area contributed by atoms with Crippen molar-refractivity contribution >= 4 is 177 Å². The van der Waals surface area contributed by atoms with Crippen molar-refractivity contribution in [1.29, 1.82) is 0 Å². The van der Waals surface area contributed by atoms with Gasteiger partial charge in [-0.05, 0) is 96.1 Å². The second-order valence-electron chi connectivity index (χ2n) is 25.2. The number of nitro groups is 5. The Morgan fingerprint density at radius 2 is 0.670 bits per heavy atom. The fraction of sp³-hybridized carbons (Fsp3) is 0.312. The van der Waals surface area contributed by atoms with Crippen molar-refractivity contribution < 1.29 is 86.8 Å². The number of hydrogen-bond donors (Lipinski definition) is 2. The maximum Gasteiger partial charge on any atom is 0.410 e. The topological polar surface area (TPSA) is 478 Å². The van der Waals surface area contributed by atoms with E-state index in [4.69, 9.17) is 117 Å². The van der Waals surface area contributed by atoms with Crippen LogP contribution in [0, 0.1) is 50.6 Å². The smallest absolute Gasteiger partial charge is 0.410 e. The number of nitrogens with one attached hydrogen (secondary N) is 1. The minimum Gasteiger partial charge on any atom is -0.454 e. The number of nitrogens with two attached hydrogens (primary N) is 1. The highest BCUT2D eigenvalue weighted by Gasteiger charge is 2.38. The number of piperazine rings is 3. The summed E-state index contributed by atoms with van der Waals surface area (Å²) in [5.74, 6) is 0.0247. The van der Waals surface area contributed by atoms with Gasteiger partial charge in [0, 0.05) is 172 Å². The van der Waals surface area contributed by atoms with Gasteiger partial charge in [-0.2, -0.15) is 12.9 Å². The zero-order valence-electron chi connectivity index (χ0n) is 59.1. The zero-order chi connectivity index (χ0) is 83.9. The Bertz CT molecular complexity index is 5210. The number of hydrogen-bond acceptors (Lipinski definition) is 26. The molecule has 7 aromatic carbocycles. The standard InChI is InChI=1S/C21H23Cl2N3O7S.C16H15Cl2N3O5S.C15H20ClN3O6S.C6H3Cl2NO4S.C6H5ClN2O2/c1-21(2,3)33-20(27)24-8-10-25(11-9-24)34(30,31)19-13-15(26(28)29)5-7-17(19)32-18-12-14(22)4-6-16(18)23;17-11-1-3-13(18)15(9-11)26-14-4-2-12(21(22)23)10-16(14)27(24,25)20-7-5-19-6-8-20;1-15(2,3)25-14(20)17-6-8-18(9-7-17)26(23,24)13-10-11(19(21)22)4-5-12(13)16;7-5-2-1-4(9(10)11)3-6(5)14(8,12)13;7-5-2-1-4(9(10)11)3-6(5)8/h4-7,12-13H,8-11H2,1-3H3;1-4,9-10,19H,5-8H2;4-5,10H,6-9H2,1-3H3;1-3H;1-3H,8H2. The molecule has 3 saturated heterocycles. The predicted octanol–water partition coefficient (Wildman–Crippen LogP) is 14.7. The van der Waals surface area contributed by atoms with E-state index >= 15 is 0 Å². The third-order valence-electron chi connectivity index (χ3n) is 14.9. The monoisotopic (exact) mass is 1790 g/mol. The fourth-order valence-corrected chi connectivity index (χ4v) is 16.8. The molecule has 112 heavy (non-hydrogen) atoms. The van der Waals surface area contributed by atoms with Crippen LogP contribution in [0.3, 0.4) is 0 Å². The van der Waals surface area contributed by atoms with E-state index in [0.29, 0.717) is 28.2 Å². The van der Waals surface area contributed by atoms with Crippen molar-refractivity contribution in [2.24, 2.45) is 0 Å². The molecule has 7 aromatic rings. The number of anilines is 1. The van der Waals surface area contributed by atoms with Crippen LogP contribution < -0.4 is 20.5 Å². The first-order valence-electron chi connectivity index (χ1n) is 31.9. The summed E-state index contributed by atoms with van der Waals surface area (Å²) in [5.41, 5.74) is 2.65. The fourth-order valence-electron chi connectivity index (χ4n) is 9.56. The summed E-state index contributed by atoms with van der Waals surface area (Å²) in [6, 6.07) is 25.8. The highest BCUT2D eigenvalue weighted by Crippen LogP contribution is 2.41. The molecule has 0 aliphatic carbocycles. The van der Waals surface area contributed by atoms with E-state index < -0.39 is 103 Å². The summed E-state index contributed by atoms with van der Waals surface area (Å²) < 4.78 is 126. The number of nitrogens with zero attached hydrogens (tertiary/aromatic N) is 10. The SMILES string of the molecule is CC(C)(C)OC(=O)N1CCN(S(=O)(=O)c2cc([N+](=O)[O-])ccc2Cl)CC1.CC(C)(C)OC(=O)N1CCN(S(=O)(=O)c2cc([N+](=O)[O-])ccc2Oc2cc(Cl)ccc2Cl)CC1.Nc1cc([N+](=O)[O-])ccc1Cl.O=[N+]([O-])c1ccc(Cl)c(S(=O)(=O)Cl)c1.O=[N+]([O-])c1ccc(Oc2cc(Cl)ccc2Cl)c(S(=O)(=O)N2CCNCC2)c1. The quantitative estimate of drug-likeness (QED) is 0.0393. The molecular weight excluding hydrogens is 1730 g/mol. The lowest BCUT2D eigenvalue weighted by atomic mass is 10.2. The summed E-state index contributed by atoms with van der Waals surface area (Å²) >= 11 is 41.1. The van der Waals surface area contributed by atoms with Crippen LogP contribution in [0.25, 0.3) is 0 Å². The molecule has 3 aliphatic rings. The number of ether oxygens (including phenoxy) is 4. The molecule has 3 aliphatic heterocycles. The minimum absolute atomic E-state index is 0.0262. The van der Waals surface area contributed by atoms with E-state index in [9.17, 15) is 93.8 Å². The van der Waals surface area contributed by atoms with E-state index in [2.05, 4.69) is 5.32 Å². The van der Waals surface area contributed by atoms with Crippen molar-refractivity contribution in [2.75, 3.05) is 84.3 Å². The molecule has 0 aromatic heterocycles. The molecule has 36 nitrogen and oxygen atoms in total. The Labute approximate surface area is 679 Å². The number of rotatable bonds is 16. The molecule has 48 heteroatoms. The van der Waals surface area contributed by atoms with E-state index in [1.165, 1.54) is 86.9 Å². The molecule has 0 unspecified atom stereocenters. The molecule has 3 heterocycles. The molecule has 0 saturated carbocycles. The summed E-state index contributed by atoms with van der Waals surface area (Å²) in [7, 11) is -11.3. The van der Waals surface area contributed by atoms with Crippen LogP contribution in [0.15, 0.2) is 147 Å². The lowest BCUT2D eigenvalue weighted by Crippen LogP contribution is -2.51. The maximum atomic E-state index is 13.5. The number of sulfonamides is 3. The summed E-state index contributed by atoms with van der Waals surface area (Å²) in [5, 5.41) is 58.0. The van der Waals surface area contributed by atoms with Crippen LogP contribution in [0.4, 0.5) is 43.7 Å². The second kappa shape index (κ2) is 39.0. The highest BCUT2D eigenvalue weighted by atomic mass is 35.7. The number of nitrogen functional groups attached to an aromatic ring is 1. The molecule has 0 bridgehead atoms. The first-order valence-corrected chi connectivity index (χ1v) is 41.2. The number of carbonyl (C=O) groups is 2. The largest absolute Gasteiger partial charge is 0.454 e. The average Bonchev–Trinajstić information content (AvgIpc) is 0.775. The molecule has 606 valence electrons. The number of nitro benzene ring substituents is 5. The van der Waals surface area contributed by atoms with Gasteiger partial charge in [0.2, 0.25) is 30.1 Å². The maximum absolute atomic E-state index is 13.5. The Hall–Kier alpha value is -8.56. The number of carbonyl (C=O) groups excluding carboxylic acids is 2. The van der Waals surface area contributed by atoms with Crippen molar-refractivity contribution in [3.05, 3.63) is 213 Å². The van der Waals surface area contributed by atoms with Crippen LogP contribution in [-0.4, -0.2) is 183 Å². The zero-order valence-corrected chi connectivity index (χ0v) is 68.4. The third-order valence-corrected chi connectivity index (χ3v) is 24.4. The van der Waals surface area contributed by atoms with Crippen molar-refractivity contribution in [2.45, 2.75) is 72.3 Å². The van der Waals surface area contributed by atoms with Gasteiger partial charge in [-0.15, -0.1) is 0 Å². The van der Waals surface area contributed by atoms with Crippen molar-refractivity contribution in [1.82, 2.24) is 28.0 Å². The summed E-state index contributed by atoms with van der Waals surface area (Å²) in [6.45, 7) is 12.5. The van der Waals surface area contributed by atoms with E-state index in [0.717, 1.165) is 57.1 Å². The normalized spacial score (nSPS) is 14.5. The van der Waals surface area contributed by atoms with Gasteiger partial charge in [0.15, 0.2) is 0 Å². The Kier molecular flexibility index (Phi) is 32.1. The predicted molar refractivity (Wildman–Crippen MR) is 416 cm³/mol. The van der Waals surface area contributed by atoms with Gasteiger partial charge >= 0.3 is 12.2 Å². The molecular formula is C64H66Cl8N12O24S4. The number of benzene rings is 7. The minimum atomic E-state index is -4.23. The average molecular weight is 1800 g/mol. The van der Waals surface area contributed by atoms with Crippen molar-refractivity contribution in [3.8, 4) is 23.0 Å². The van der Waals surface area contributed by atoms with Gasteiger partial charge in [0.1, 0.15) is 53.8 Å². The summed E-state index contributed by atoms with van der Waals surface area (Å²) in [6.07, 6.45) is -1.05. The second-order valence-corrected chi connectivity index (χ2v) is 36.3. The van der Waals surface area contributed by atoms with E-state index in [1.807, 2.05) is 0 Å². The highest BCUT2D eigenvalue weighted by molar-refractivity contribution is 8.13. The molecule has 0 atom stereocenters. The Morgan fingerprint density at radius 1 is 0.384 bits per heavy atom. The first-order chi connectivity index (χ1) is 51.9. The van der Waals surface area contributed by atoms with Crippen LogP contribution in [0.5, 0.6) is 23.0 Å². The molecule has 0 spiro atoms. The number of non-ortho nitro benzene ring substituents is 5. The molecule has 3 N–H and O–H groups in total. The van der Waals surface area contributed by atoms with Gasteiger partial charge in [0.25, 0.3) is 37.5 Å². The van der Waals surface area contributed by atoms with Crippen LogP contribution >= 0.6 is 91.9 Å².